The zero-order valence-corrected chi connectivity index (χ0v) is 10.3. The predicted molar refractivity (Wildman–Crippen MR) is 64.4 cm³/mol. The summed E-state index contributed by atoms with van der Waals surface area (Å²) in [4.78, 5) is 17.9. The molecule has 0 amide bonds. The van der Waals surface area contributed by atoms with Gasteiger partial charge in [0.15, 0.2) is 0 Å². The fourth-order valence-electron chi connectivity index (χ4n) is 2.36. The Kier molecular flexibility index (Phi) is 3.74. The lowest BCUT2D eigenvalue weighted by molar-refractivity contribution is -0.146. The first-order valence-electron chi connectivity index (χ1n) is 5.93. The van der Waals surface area contributed by atoms with E-state index < -0.39 is 0 Å². The molecule has 2 heterocycles. The van der Waals surface area contributed by atoms with E-state index in [0.29, 0.717) is 0 Å². The van der Waals surface area contributed by atoms with Crippen molar-refractivity contribution in [3.63, 3.8) is 0 Å². The van der Waals surface area contributed by atoms with Crippen molar-refractivity contribution in [3.8, 4) is 0 Å². The quantitative estimate of drug-likeness (QED) is 0.744. The van der Waals surface area contributed by atoms with Crippen molar-refractivity contribution in [2.24, 2.45) is 0 Å². The molecule has 0 aliphatic carbocycles. The summed E-state index contributed by atoms with van der Waals surface area (Å²) < 4.78 is 4.83. The first-order valence-corrected chi connectivity index (χ1v) is 5.93. The molecule has 0 radical (unpaired) electrons. The smallest absolute Gasteiger partial charge is 0.323 e. The predicted octanol–water partition coefficient (Wildman–Crippen LogP) is 1.53. The Hall–Kier alpha value is -1.42. The molecule has 1 saturated heterocycles. The van der Waals surface area contributed by atoms with E-state index in [4.69, 9.17) is 4.74 Å². The molecule has 1 fully saturated rings. The maximum atomic E-state index is 11.6. The maximum absolute atomic E-state index is 11.6. The summed E-state index contributed by atoms with van der Waals surface area (Å²) in [6, 6.07) is 2.03. The van der Waals surface area contributed by atoms with Crippen LogP contribution in [-0.2, 0) is 16.1 Å². The van der Waals surface area contributed by atoms with E-state index in [9.17, 15) is 4.79 Å². The van der Waals surface area contributed by atoms with Crippen molar-refractivity contribution < 1.29 is 9.53 Å². The van der Waals surface area contributed by atoms with Gasteiger partial charge >= 0.3 is 5.97 Å². The number of hydrogen-bond acceptors (Lipinski definition) is 4. The van der Waals surface area contributed by atoms with Crippen LogP contribution in [0.15, 0.2) is 18.5 Å². The number of carbonyl (C=O) groups is 1. The molecule has 1 atom stereocenters. The molecule has 92 valence electrons. The monoisotopic (exact) mass is 234 g/mol. The highest BCUT2D eigenvalue weighted by atomic mass is 16.5. The lowest BCUT2D eigenvalue weighted by Crippen LogP contribution is -2.36. The molecule has 17 heavy (non-hydrogen) atoms. The van der Waals surface area contributed by atoms with E-state index >= 15 is 0 Å². The van der Waals surface area contributed by atoms with Gasteiger partial charge in [-0.05, 0) is 37.4 Å². The molecule has 1 aromatic rings. The number of likely N-dealkylation sites (tertiary alicyclic amines) is 1. The van der Waals surface area contributed by atoms with Crippen LogP contribution in [-0.4, -0.2) is 35.5 Å². The van der Waals surface area contributed by atoms with E-state index in [1.165, 1.54) is 7.11 Å². The Morgan fingerprint density at radius 1 is 1.59 bits per heavy atom. The van der Waals surface area contributed by atoms with Gasteiger partial charge in [-0.2, -0.15) is 0 Å². The topological polar surface area (TPSA) is 42.4 Å². The summed E-state index contributed by atoms with van der Waals surface area (Å²) in [6.07, 6.45) is 5.65. The fraction of sp³-hybridized carbons (Fsp3) is 0.538. The Balaban J connectivity index is 2.05. The molecule has 1 aliphatic heterocycles. The summed E-state index contributed by atoms with van der Waals surface area (Å²) in [7, 11) is 1.45. The lowest BCUT2D eigenvalue weighted by Gasteiger charge is -2.22. The average Bonchev–Trinajstić information content (AvgIpc) is 2.76. The van der Waals surface area contributed by atoms with E-state index in [1.54, 1.807) is 0 Å². The van der Waals surface area contributed by atoms with Gasteiger partial charge in [-0.1, -0.05) is 6.07 Å². The van der Waals surface area contributed by atoms with Crippen LogP contribution in [0.5, 0.6) is 0 Å². The molecular formula is C13H18N2O2. The van der Waals surface area contributed by atoms with Gasteiger partial charge in [0.2, 0.25) is 0 Å². The van der Waals surface area contributed by atoms with Gasteiger partial charge in [-0.3, -0.25) is 14.7 Å². The molecule has 0 bridgehead atoms. The number of nitrogens with zero attached hydrogens (tertiary/aromatic N) is 2. The third kappa shape index (κ3) is 2.82. The van der Waals surface area contributed by atoms with Crippen molar-refractivity contribution in [2.75, 3.05) is 13.7 Å². The standard InChI is InChI=1S/C13H18N2O2/c1-10-6-11(8-14-7-10)9-15-5-3-4-12(15)13(16)17-2/h6-8,12H,3-5,9H2,1-2H3. The molecule has 2 rings (SSSR count). The van der Waals surface area contributed by atoms with Gasteiger partial charge in [0.05, 0.1) is 7.11 Å². The number of aryl methyl sites for hydroxylation is 1. The molecule has 1 aliphatic rings. The minimum absolute atomic E-state index is 0.0829. The Labute approximate surface area is 102 Å². The number of hydrogen-bond donors (Lipinski definition) is 0. The van der Waals surface area contributed by atoms with Crippen molar-refractivity contribution in [1.29, 1.82) is 0 Å². The number of carbonyl (C=O) groups excluding carboxylic acids is 1. The molecule has 0 saturated carbocycles. The average molecular weight is 234 g/mol. The largest absolute Gasteiger partial charge is 0.468 e. The van der Waals surface area contributed by atoms with Crippen LogP contribution in [0.4, 0.5) is 0 Å². The Morgan fingerprint density at radius 3 is 3.12 bits per heavy atom. The van der Waals surface area contributed by atoms with Gasteiger partial charge in [0.1, 0.15) is 6.04 Å². The van der Waals surface area contributed by atoms with Crippen LogP contribution in [0.1, 0.15) is 24.0 Å². The van der Waals surface area contributed by atoms with Crippen molar-refractivity contribution in [1.82, 2.24) is 9.88 Å². The number of ether oxygens (including phenoxy) is 1. The number of pyridine rings is 1. The van der Waals surface area contributed by atoms with Crippen LogP contribution >= 0.6 is 0 Å². The highest BCUT2D eigenvalue weighted by molar-refractivity contribution is 5.75. The van der Waals surface area contributed by atoms with E-state index in [-0.39, 0.29) is 12.0 Å². The molecule has 0 spiro atoms. The van der Waals surface area contributed by atoms with Gasteiger partial charge in [-0.25, -0.2) is 0 Å². The van der Waals surface area contributed by atoms with Crippen LogP contribution in [0.25, 0.3) is 0 Å². The lowest BCUT2D eigenvalue weighted by atomic mass is 10.2. The van der Waals surface area contributed by atoms with Crippen LogP contribution < -0.4 is 0 Å². The third-order valence-corrected chi connectivity index (χ3v) is 3.15. The molecule has 0 aromatic carbocycles. The SMILES string of the molecule is COC(=O)C1CCCN1Cc1cncc(C)c1. The zero-order chi connectivity index (χ0) is 12.3. The number of rotatable bonds is 3. The second-order valence-corrected chi connectivity index (χ2v) is 4.52. The second-order valence-electron chi connectivity index (χ2n) is 4.52. The van der Waals surface area contributed by atoms with E-state index in [2.05, 4.69) is 16.0 Å². The van der Waals surface area contributed by atoms with Crippen molar-refractivity contribution in [2.45, 2.75) is 32.4 Å². The summed E-state index contributed by atoms with van der Waals surface area (Å²) >= 11 is 0. The van der Waals surface area contributed by atoms with E-state index in [0.717, 1.165) is 37.1 Å². The normalized spacial score (nSPS) is 20.5. The number of methoxy groups -OCH3 is 1. The van der Waals surface area contributed by atoms with Gasteiger partial charge in [-0.15, -0.1) is 0 Å². The van der Waals surface area contributed by atoms with Crippen LogP contribution in [0, 0.1) is 6.92 Å². The summed E-state index contributed by atoms with van der Waals surface area (Å²) in [6.45, 7) is 3.75. The molecule has 1 aromatic heterocycles. The molecular weight excluding hydrogens is 216 g/mol. The highest BCUT2D eigenvalue weighted by Crippen LogP contribution is 2.20. The van der Waals surface area contributed by atoms with E-state index in [1.807, 2.05) is 19.3 Å². The molecule has 0 N–H and O–H groups in total. The minimum atomic E-state index is -0.122. The third-order valence-electron chi connectivity index (χ3n) is 3.15. The second kappa shape index (κ2) is 5.27. The zero-order valence-electron chi connectivity index (χ0n) is 10.3. The van der Waals surface area contributed by atoms with Gasteiger partial charge in [0, 0.05) is 18.9 Å². The first-order chi connectivity index (χ1) is 8.20. The number of aromatic nitrogens is 1. The Morgan fingerprint density at radius 2 is 2.41 bits per heavy atom. The Bertz CT molecular complexity index is 406. The van der Waals surface area contributed by atoms with Gasteiger partial charge < -0.3 is 4.74 Å². The number of esters is 1. The van der Waals surface area contributed by atoms with Crippen molar-refractivity contribution in [3.05, 3.63) is 29.6 Å². The van der Waals surface area contributed by atoms with Crippen LogP contribution in [0.3, 0.4) is 0 Å². The highest BCUT2D eigenvalue weighted by Gasteiger charge is 2.31. The summed E-state index contributed by atoms with van der Waals surface area (Å²) in [5.41, 5.74) is 2.30. The van der Waals surface area contributed by atoms with Crippen LogP contribution in [0.2, 0.25) is 0 Å². The molecule has 1 unspecified atom stereocenters. The minimum Gasteiger partial charge on any atom is -0.468 e. The van der Waals surface area contributed by atoms with Crippen molar-refractivity contribution >= 4 is 5.97 Å². The summed E-state index contributed by atoms with van der Waals surface area (Å²) in [5.74, 6) is -0.122. The fourth-order valence-corrected chi connectivity index (χ4v) is 2.36. The maximum Gasteiger partial charge on any atom is 0.323 e. The molecule has 4 heteroatoms. The first kappa shape index (κ1) is 12.0. The molecule has 4 nitrogen and oxygen atoms in total. The van der Waals surface area contributed by atoms with Gasteiger partial charge in [0.25, 0.3) is 0 Å². The summed E-state index contributed by atoms with van der Waals surface area (Å²) in [5, 5.41) is 0.